The Balaban J connectivity index is 1.37. The smallest absolute Gasteiger partial charge is 0.419 e. The minimum absolute atomic E-state index is 0.103. The van der Waals surface area contributed by atoms with Crippen LogP contribution in [0.2, 0.25) is 5.02 Å². The highest BCUT2D eigenvalue weighted by Crippen LogP contribution is 2.33. The van der Waals surface area contributed by atoms with Gasteiger partial charge in [-0.3, -0.25) is 14.4 Å². The van der Waals surface area contributed by atoms with E-state index in [1.54, 1.807) is 25.1 Å². The van der Waals surface area contributed by atoms with Gasteiger partial charge in [-0.05, 0) is 66.9 Å². The van der Waals surface area contributed by atoms with Crippen molar-refractivity contribution >= 4 is 46.8 Å². The Kier molecular flexibility index (Phi) is 11.4. The number of hydrogen-bond donors (Lipinski definition) is 0. The zero-order valence-electron chi connectivity index (χ0n) is 24.8. The molecule has 0 aliphatic heterocycles. The van der Waals surface area contributed by atoms with Gasteiger partial charge in [-0.2, -0.15) is 0 Å². The van der Waals surface area contributed by atoms with Gasteiger partial charge in [-0.25, -0.2) is 14.1 Å². The van der Waals surface area contributed by atoms with Crippen molar-refractivity contribution in [1.29, 1.82) is 0 Å². The third-order valence-electron chi connectivity index (χ3n) is 6.78. The number of nitrogens with zero attached hydrogens (tertiary/aromatic N) is 1. The lowest BCUT2D eigenvalue weighted by Gasteiger charge is -2.24. The monoisotopic (exact) mass is 631 g/mol. The number of hydrogen-bond acceptors (Lipinski definition) is 7. The number of ether oxygens (including phenoxy) is 3. The van der Waals surface area contributed by atoms with E-state index in [2.05, 4.69) is 0 Å². The van der Waals surface area contributed by atoms with Gasteiger partial charge in [0, 0.05) is 11.1 Å². The first kappa shape index (κ1) is 32.9. The average molecular weight is 632 g/mol. The molecule has 0 unspecified atom stereocenters. The molecule has 4 rings (SSSR count). The molecule has 0 radical (unpaired) electrons. The molecule has 0 atom stereocenters. The number of aryl methyl sites for hydroxylation is 2. The molecule has 232 valence electrons. The van der Waals surface area contributed by atoms with E-state index in [9.17, 15) is 23.6 Å². The first-order valence-electron chi connectivity index (χ1n) is 14.1. The maximum Gasteiger partial charge on any atom is 0.419 e. The number of carbonyl (C=O) groups is 4. The Morgan fingerprint density at radius 3 is 2.07 bits per heavy atom. The third-order valence-corrected chi connectivity index (χ3v) is 7.09. The van der Waals surface area contributed by atoms with Gasteiger partial charge in [0.05, 0.1) is 29.2 Å². The summed E-state index contributed by atoms with van der Waals surface area (Å²) in [5.41, 5.74) is 3.39. The van der Waals surface area contributed by atoms with E-state index in [4.69, 9.17) is 25.8 Å². The molecule has 0 aliphatic rings. The molecular weight excluding hydrogens is 601 g/mol. The van der Waals surface area contributed by atoms with Crippen molar-refractivity contribution in [3.8, 4) is 0 Å². The lowest BCUT2D eigenvalue weighted by atomic mass is 9.99. The predicted molar refractivity (Wildman–Crippen MR) is 167 cm³/mol. The molecule has 0 saturated carbocycles. The lowest BCUT2D eigenvalue weighted by Crippen LogP contribution is -2.29. The van der Waals surface area contributed by atoms with E-state index < -0.39 is 23.8 Å². The Labute approximate surface area is 265 Å². The topological polar surface area (TPSA) is 99.2 Å². The van der Waals surface area contributed by atoms with E-state index in [0.717, 1.165) is 11.1 Å². The van der Waals surface area contributed by atoms with E-state index in [1.165, 1.54) is 35.2 Å². The maximum absolute atomic E-state index is 13.9. The van der Waals surface area contributed by atoms with Crippen LogP contribution in [0.15, 0.2) is 91.0 Å². The average Bonchev–Trinajstić information content (AvgIpc) is 3.03. The fourth-order valence-corrected chi connectivity index (χ4v) is 4.71. The molecule has 0 bridgehead atoms. The van der Waals surface area contributed by atoms with Gasteiger partial charge >= 0.3 is 18.0 Å². The predicted octanol–water partition coefficient (Wildman–Crippen LogP) is 7.67. The Hall–Kier alpha value is -5.02. The second-order valence-corrected chi connectivity index (χ2v) is 10.5. The number of rotatable bonds is 12. The molecule has 0 heterocycles. The highest BCUT2D eigenvalue weighted by molar-refractivity contribution is 6.35. The SMILES string of the molecule is Cc1ccccc1C(=O)c1ccc(N(C(=O)OCCOC(=O)CCC(=O)OCc2ccccc2)c2ccc(F)cc2C)cc1Cl. The largest absolute Gasteiger partial charge is 0.462 e. The highest BCUT2D eigenvalue weighted by Gasteiger charge is 2.24. The van der Waals surface area contributed by atoms with Crippen LogP contribution in [0.25, 0.3) is 0 Å². The highest BCUT2D eigenvalue weighted by atomic mass is 35.5. The number of amides is 1. The number of halogens is 2. The van der Waals surface area contributed by atoms with Crippen LogP contribution in [-0.4, -0.2) is 37.0 Å². The molecule has 4 aromatic carbocycles. The van der Waals surface area contributed by atoms with Crippen molar-refractivity contribution in [2.45, 2.75) is 33.3 Å². The standard InChI is InChI=1S/C35H31ClFNO7/c1-23-8-6-7-11-28(23)34(41)29-14-13-27(21-30(29)36)38(31-15-12-26(37)20-24(31)2)35(42)44-19-18-43-32(39)16-17-33(40)45-22-25-9-4-3-5-10-25/h3-15,20-21H,16-19,22H2,1-2H3. The van der Waals surface area contributed by atoms with Crippen molar-refractivity contribution in [3.05, 3.63) is 130 Å². The zero-order valence-corrected chi connectivity index (χ0v) is 25.5. The summed E-state index contributed by atoms with van der Waals surface area (Å²) in [7, 11) is 0. The van der Waals surface area contributed by atoms with Crippen molar-refractivity contribution < 1.29 is 37.8 Å². The first-order chi connectivity index (χ1) is 21.6. The van der Waals surface area contributed by atoms with E-state index >= 15 is 0 Å². The van der Waals surface area contributed by atoms with Gasteiger partial charge in [0.1, 0.15) is 25.6 Å². The van der Waals surface area contributed by atoms with Gasteiger partial charge < -0.3 is 14.2 Å². The van der Waals surface area contributed by atoms with Crippen LogP contribution >= 0.6 is 11.6 Å². The fourth-order valence-electron chi connectivity index (χ4n) is 4.45. The molecule has 0 spiro atoms. The summed E-state index contributed by atoms with van der Waals surface area (Å²) in [4.78, 5) is 51.7. The van der Waals surface area contributed by atoms with E-state index in [-0.39, 0.29) is 54.7 Å². The van der Waals surface area contributed by atoms with Crippen LogP contribution in [0.4, 0.5) is 20.6 Å². The van der Waals surface area contributed by atoms with Crippen LogP contribution in [-0.2, 0) is 30.4 Å². The zero-order chi connectivity index (χ0) is 32.3. The van der Waals surface area contributed by atoms with Gasteiger partial charge in [-0.1, -0.05) is 66.2 Å². The van der Waals surface area contributed by atoms with Crippen molar-refractivity contribution in [2.75, 3.05) is 18.1 Å². The van der Waals surface area contributed by atoms with Crippen LogP contribution in [0.5, 0.6) is 0 Å². The van der Waals surface area contributed by atoms with Gasteiger partial charge in [0.15, 0.2) is 5.78 Å². The van der Waals surface area contributed by atoms with Crippen LogP contribution in [0, 0.1) is 19.7 Å². The quantitative estimate of drug-likeness (QED) is 0.0685. The van der Waals surface area contributed by atoms with E-state index in [1.807, 2.05) is 49.4 Å². The summed E-state index contributed by atoms with van der Waals surface area (Å²) in [5, 5.41) is 0.106. The summed E-state index contributed by atoms with van der Waals surface area (Å²) >= 11 is 6.54. The van der Waals surface area contributed by atoms with Crippen molar-refractivity contribution in [2.24, 2.45) is 0 Å². The van der Waals surface area contributed by atoms with Crippen molar-refractivity contribution in [3.63, 3.8) is 0 Å². The Bertz CT molecular complexity index is 1690. The molecule has 0 aliphatic carbocycles. The minimum atomic E-state index is -0.848. The number of esters is 2. The normalized spacial score (nSPS) is 10.6. The number of anilines is 2. The minimum Gasteiger partial charge on any atom is -0.462 e. The number of ketones is 1. The van der Waals surface area contributed by atoms with Crippen LogP contribution in [0.1, 0.15) is 45.5 Å². The molecule has 1 amide bonds. The Morgan fingerprint density at radius 2 is 1.38 bits per heavy atom. The summed E-state index contributed by atoms with van der Waals surface area (Å²) in [6.45, 7) is 3.00. The van der Waals surface area contributed by atoms with Crippen LogP contribution in [0.3, 0.4) is 0 Å². The summed E-state index contributed by atoms with van der Waals surface area (Å²) in [6.07, 6.45) is -1.21. The second-order valence-electron chi connectivity index (χ2n) is 10.1. The molecule has 4 aromatic rings. The summed E-state index contributed by atoms with van der Waals surface area (Å²) < 4.78 is 29.5. The first-order valence-corrected chi connectivity index (χ1v) is 14.5. The third kappa shape index (κ3) is 9.00. The number of carbonyl (C=O) groups excluding carboxylic acids is 4. The van der Waals surface area contributed by atoms with Gasteiger partial charge in [-0.15, -0.1) is 0 Å². The summed E-state index contributed by atoms with van der Waals surface area (Å²) in [5.74, 6) is -1.96. The molecule has 10 heteroatoms. The maximum atomic E-state index is 13.9. The van der Waals surface area contributed by atoms with Crippen LogP contribution < -0.4 is 4.90 Å². The van der Waals surface area contributed by atoms with Gasteiger partial charge in [0.25, 0.3) is 0 Å². The van der Waals surface area contributed by atoms with Crippen molar-refractivity contribution in [1.82, 2.24) is 0 Å². The molecule has 45 heavy (non-hydrogen) atoms. The summed E-state index contributed by atoms with van der Waals surface area (Å²) in [6, 6.07) is 24.7. The number of benzene rings is 4. The fraction of sp³-hybridized carbons (Fsp3) is 0.200. The molecule has 0 N–H and O–H groups in total. The van der Waals surface area contributed by atoms with Gasteiger partial charge in [0.2, 0.25) is 0 Å². The molecule has 0 aromatic heterocycles. The second kappa shape index (κ2) is 15.6. The van der Waals surface area contributed by atoms with E-state index in [0.29, 0.717) is 16.8 Å². The molecule has 8 nitrogen and oxygen atoms in total. The Morgan fingerprint density at radius 1 is 0.711 bits per heavy atom. The molecule has 0 fully saturated rings. The molecular formula is C35H31ClFNO7. The molecule has 0 saturated heterocycles. The lowest BCUT2D eigenvalue weighted by molar-refractivity contribution is -0.151.